The molecule has 0 aliphatic carbocycles. The predicted molar refractivity (Wildman–Crippen MR) is 45.2 cm³/mol. The summed E-state index contributed by atoms with van der Waals surface area (Å²) < 4.78 is 16.7. The van der Waals surface area contributed by atoms with E-state index in [1.165, 1.54) is 0 Å². The van der Waals surface area contributed by atoms with E-state index < -0.39 is 6.86 Å². The molecule has 0 radical (unpaired) electrons. The van der Waals surface area contributed by atoms with Gasteiger partial charge >= 0.3 is 0 Å². The zero-order chi connectivity index (χ0) is 8.39. The molecule has 0 spiro atoms. The second kappa shape index (κ2) is 3.01. The summed E-state index contributed by atoms with van der Waals surface area (Å²) >= 11 is 0. The fourth-order valence-corrected chi connectivity index (χ4v) is 1.51. The van der Waals surface area contributed by atoms with Gasteiger partial charge in [-0.2, -0.15) is 0 Å². The van der Waals surface area contributed by atoms with Gasteiger partial charge in [-0.05, 0) is 18.6 Å². The van der Waals surface area contributed by atoms with Gasteiger partial charge in [0.25, 0.3) is 0 Å². The molecular formula is C9H10FNO. The van der Waals surface area contributed by atoms with Crippen LogP contribution in [0.2, 0.25) is 0 Å². The van der Waals surface area contributed by atoms with E-state index in [2.05, 4.69) is 5.32 Å². The first-order chi connectivity index (χ1) is 5.92. The van der Waals surface area contributed by atoms with Crippen molar-refractivity contribution in [2.24, 2.45) is 0 Å². The van der Waals surface area contributed by atoms with Crippen LogP contribution in [0.5, 0.6) is 5.75 Å². The number of ether oxygens (including phenoxy) is 1. The van der Waals surface area contributed by atoms with Crippen LogP contribution >= 0.6 is 0 Å². The highest BCUT2D eigenvalue weighted by atomic mass is 19.1. The Labute approximate surface area is 70.3 Å². The number of benzene rings is 1. The van der Waals surface area contributed by atoms with Gasteiger partial charge in [0.05, 0.1) is 0 Å². The molecule has 0 atom stereocenters. The van der Waals surface area contributed by atoms with Crippen molar-refractivity contribution in [1.29, 1.82) is 0 Å². The van der Waals surface area contributed by atoms with Crippen LogP contribution in [-0.4, -0.2) is 13.4 Å². The lowest BCUT2D eigenvalue weighted by molar-refractivity contribution is 0.190. The second-order valence-corrected chi connectivity index (χ2v) is 2.71. The van der Waals surface area contributed by atoms with E-state index in [4.69, 9.17) is 4.74 Å². The van der Waals surface area contributed by atoms with Crippen molar-refractivity contribution in [2.75, 3.05) is 18.7 Å². The van der Waals surface area contributed by atoms with Gasteiger partial charge in [0, 0.05) is 17.8 Å². The number of fused-ring (bicyclic) bond motifs is 1. The summed E-state index contributed by atoms with van der Waals surface area (Å²) in [6, 6.07) is 5.64. The number of anilines is 1. The zero-order valence-electron chi connectivity index (χ0n) is 6.64. The number of rotatable bonds is 2. The standard InChI is InChI=1S/C9H10FNO/c10-6-12-9-3-1-2-8-7(9)4-5-11-8/h1-3,11H,4-6H2. The number of hydrogen-bond acceptors (Lipinski definition) is 2. The summed E-state index contributed by atoms with van der Waals surface area (Å²) in [4.78, 5) is 0. The third kappa shape index (κ3) is 1.11. The molecule has 3 heteroatoms. The average Bonchev–Trinajstić information content (AvgIpc) is 2.53. The maximum Gasteiger partial charge on any atom is 0.228 e. The number of nitrogens with one attached hydrogen (secondary N) is 1. The molecule has 0 saturated heterocycles. The van der Waals surface area contributed by atoms with Gasteiger partial charge < -0.3 is 10.1 Å². The highest BCUT2D eigenvalue weighted by Gasteiger charge is 2.13. The van der Waals surface area contributed by atoms with E-state index in [0.717, 1.165) is 24.2 Å². The Morgan fingerprint density at radius 3 is 3.25 bits per heavy atom. The van der Waals surface area contributed by atoms with Crippen LogP contribution in [0, 0.1) is 0 Å². The highest BCUT2D eigenvalue weighted by Crippen LogP contribution is 2.30. The van der Waals surface area contributed by atoms with E-state index in [0.29, 0.717) is 5.75 Å². The SMILES string of the molecule is FCOc1cccc2c1CCN2. The summed E-state index contributed by atoms with van der Waals surface area (Å²) in [7, 11) is 0. The van der Waals surface area contributed by atoms with Gasteiger partial charge in [-0.1, -0.05) is 6.07 Å². The molecule has 1 aromatic rings. The van der Waals surface area contributed by atoms with Crippen LogP contribution in [0.4, 0.5) is 10.1 Å². The first-order valence-electron chi connectivity index (χ1n) is 3.96. The normalized spacial score (nSPS) is 13.8. The molecule has 0 unspecified atom stereocenters. The number of alkyl halides is 1. The van der Waals surface area contributed by atoms with Gasteiger partial charge in [-0.15, -0.1) is 0 Å². The minimum atomic E-state index is -0.754. The minimum Gasteiger partial charge on any atom is -0.463 e. The molecule has 0 aromatic heterocycles. The van der Waals surface area contributed by atoms with Gasteiger partial charge in [-0.3, -0.25) is 0 Å². The van der Waals surface area contributed by atoms with Crippen molar-refractivity contribution in [3.8, 4) is 5.75 Å². The summed E-state index contributed by atoms with van der Waals surface area (Å²) in [6.07, 6.45) is 0.922. The minimum absolute atomic E-state index is 0.667. The molecule has 1 N–H and O–H groups in total. The Balaban J connectivity index is 2.36. The van der Waals surface area contributed by atoms with Crippen LogP contribution in [-0.2, 0) is 6.42 Å². The van der Waals surface area contributed by atoms with Gasteiger partial charge in [0.15, 0.2) is 0 Å². The molecule has 0 saturated carbocycles. The summed E-state index contributed by atoms with van der Waals surface area (Å²) in [5, 5.41) is 3.20. The van der Waals surface area contributed by atoms with Crippen molar-refractivity contribution >= 4 is 5.69 Å². The van der Waals surface area contributed by atoms with Gasteiger partial charge in [0.2, 0.25) is 6.86 Å². The van der Waals surface area contributed by atoms with Crippen molar-refractivity contribution in [1.82, 2.24) is 0 Å². The molecule has 1 aromatic carbocycles. The molecule has 0 amide bonds. The lowest BCUT2D eigenvalue weighted by Crippen LogP contribution is -1.93. The Morgan fingerprint density at radius 2 is 2.42 bits per heavy atom. The van der Waals surface area contributed by atoms with Crippen LogP contribution < -0.4 is 10.1 Å². The van der Waals surface area contributed by atoms with Crippen molar-refractivity contribution in [3.05, 3.63) is 23.8 Å². The molecule has 1 aliphatic rings. The number of halogens is 1. The zero-order valence-corrected chi connectivity index (χ0v) is 6.64. The van der Waals surface area contributed by atoms with Crippen LogP contribution in [0.1, 0.15) is 5.56 Å². The Morgan fingerprint density at radius 1 is 1.50 bits per heavy atom. The van der Waals surface area contributed by atoms with E-state index >= 15 is 0 Å². The van der Waals surface area contributed by atoms with Crippen LogP contribution in [0.25, 0.3) is 0 Å². The van der Waals surface area contributed by atoms with Gasteiger partial charge in [-0.25, -0.2) is 4.39 Å². The van der Waals surface area contributed by atoms with E-state index in [-0.39, 0.29) is 0 Å². The average molecular weight is 167 g/mol. The van der Waals surface area contributed by atoms with E-state index in [1.807, 2.05) is 12.1 Å². The summed E-state index contributed by atoms with van der Waals surface area (Å²) in [5.74, 6) is 0.667. The molecule has 12 heavy (non-hydrogen) atoms. The van der Waals surface area contributed by atoms with Crippen LogP contribution in [0.15, 0.2) is 18.2 Å². The molecule has 2 rings (SSSR count). The summed E-state index contributed by atoms with van der Waals surface area (Å²) in [5.41, 5.74) is 2.16. The van der Waals surface area contributed by atoms with Crippen molar-refractivity contribution in [2.45, 2.75) is 6.42 Å². The lowest BCUT2D eigenvalue weighted by atomic mass is 10.1. The number of hydrogen-bond donors (Lipinski definition) is 1. The van der Waals surface area contributed by atoms with Crippen molar-refractivity contribution in [3.63, 3.8) is 0 Å². The van der Waals surface area contributed by atoms with Crippen molar-refractivity contribution < 1.29 is 9.13 Å². The van der Waals surface area contributed by atoms with Gasteiger partial charge in [0.1, 0.15) is 5.75 Å². The first kappa shape index (κ1) is 7.40. The maximum absolute atomic E-state index is 11.9. The van der Waals surface area contributed by atoms with E-state index in [9.17, 15) is 4.39 Å². The molecule has 1 aliphatic heterocycles. The predicted octanol–water partition coefficient (Wildman–Crippen LogP) is 1.96. The molecule has 0 fully saturated rings. The third-order valence-corrected chi connectivity index (χ3v) is 2.03. The smallest absolute Gasteiger partial charge is 0.228 e. The lowest BCUT2D eigenvalue weighted by Gasteiger charge is -2.05. The Kier molecular flexibility index (Phi) is 1.86. The Hall–Kier alpha value is -1.25. The monoisotopic (exact) mass is 167 g/mol. The largest absolute Gasteiger partial charge is 0.463 e. The molecule has 0 bridgehead atoms. The molecule has 64 valence electrons. The Bertz CT molecular complexity index is 288. The quantitative estimate of drug-likeness (QED) is 0.727. The fraction of sp³-hybridized carbons (Fsp3) is 0.333. The summed E-state index contributed by atoms with van der Waals surface area (Å²) in [6.45, 7) is 0.165. The molecular weight excluding hydrogens is 157 g/mol. The van der Waals surface area contributed by atoms with E-state index in [1.54, 1.807) is 6.07 Å². The highest BCUT2D eigenvalue weighted by molar-refractivity contribution is 5.61. The van der Waals surface area contributed by atoms with Crippen LogP contribution in [0.3, 0.4) is 0 Å². The topological polar surface area (TPSA) is 21.3 Å². The molecule has 1 heterocycles. The molecule has 2 nitrogen and oxygen atoms in total. The first-order valence-corrected chi connectivity index (χ1v) is 3.96. The fourth-order valence-electron chi connectivity index (χ4n) is 1.51. The maximum atomic E-state index is 11.9. The second-order valence-electron chi connectivity index (χ2n) is 2.71. The third-order valence-electron chi connectivity index (χ3n) is 2.03.